The van der Waals surface area contributed by atoms with Crippen LogP contribution in [0.1, 0.15) is 11.1 Å². The molecule has 1 heterocycles. The van der Waals surface area contributed by atoms with Crippen molar-refractivity contribution in [1.82, 2.24) is 10.2 Å². The molecule has 4 amide bonds. The van der Waals surface area contributed by atoms with E-state index in [4.69, 9.17) is 16.3 Å². The summed E-state index contributed by atoms with van der Waals surface area (Å²) in [7, 11) is 0. The number of ether oxygens (including phenoxy) is 1. The first-order valence-corrected chi connectivity index (χ1v) is 10.7. The average Bonchev–Trinajstić information content (AvgIpc) is 3.08. The minimum atomic E-state index is -0.664. The number of carbonyl (C=O) groups is 3. The minimum absolute atomic E-state index is 0.00903. The van der Waals surface area contributed by atoms with Crippen LogP contribution in [0.25, 0.3) is 6.08 Å². The number of nitrogens with zero attached hydrogens (tertiary/aromatic N) is 1. The molecule has 178 valence electrons. The number of halogens is 3. The average molecular weight is 498 g/mol. The van der Waals surface area contributed by atoms with E-state index in [1.165, 1.54) is 60.7 Å². The van der Waals surface area contributed by atoms with Gasteiger partial charge in [0.05, 0.1) is 11.6 Å². The highest BCUT2D eigenvalue weighted by atomic mass is 35.5. The quantitative estimate of drug-likeness (QED) is 0.365. The number of amides is 4. The molecule has 0 unspecified atom stereocenters. The Hall–Kier alpha value is -4.24. The zero-order valence-corrected chi connectivity index (χ0v) is 18.8. The summed E-state index contributed by atoms with van der Waals surface area (Å²) in [4.78, 5) is 37.9. The first kappa shape index (κ1) is 23.9. The second kappa shape index (κ2) is 10.4. The number of nitrogens with one attached hydrogen (secondary N) is 2. The van der Waals surface area contributed by atoms with E-state index in [1.54, 1.807) is 12.1 Å². The lowest BCUT2D eigenvalue weighted by Gasteiger charge is -2.12. The summed E-state index contributed by atoms with van der Waals surface area (Å²) in [6, 6.07) is 15.1. The molecule has 1 fully saturated rings. The number of imide groups is 1. The Labute approximate surface area is 203 Å². The summed E-state index contributed by atoms with van der Waals surface area (Å²) < 4.78 is 32.3. The lowest BCUT2D eigenvalue weighted by molar-refractivity contribution is -0.123. The number of benzene rings is 3. The highest BCUT2D eigenvalue weighted by Gasteiger charge is 2.34. The van der Waals surface area contributed by atoms with Crippen LogP contribution in [0.3, 0.4) is 0 Å². The van der Waals surface area contributed by atoms with Gasteiger partial charge in [-0.1, -0.05) is 35.9 Å². The molecule has 1 aliphatic heterocycles. The summed E-state index contributed by atoms with van der Waals surface area (Å²) in [5.41, 5.74) is 1.13. The molecule has 1 aliphatic rings. The fraction of sp³-hybridized carbons (Fsp3) is 0.0800. The van der Waals surface area contributed by atoms with Gasteiger partial charge in [-0.2, -0.15) is 0 Å². The van der Waals surface area contributed by atoms with Gasteiger partial charge in [0.25, 0.3) is 11.8 Å². The molecule has 10 heteroatoms. The third-order valence-corrected chi connectivity index (χ3v) is 5.30. The molecular weight excluding hydrogens is 480 g/mol. The van der Waals surface area contributed by atoms with E-state index in [-0.39, 0.29) is 35.2 Å². The van der Waals surface area contributed by atoms with Crippen molar-refractivity contribution in [3.63, 3.8) is 0 Å². The molecule has 35 heavy (non-hydrogen) atoms. The maximum absolute atomic E-state index is 13.9. The van der Waals surface area contributed by atoms with Gasteiger partial charge in [0.15, 0.2) is 6.61 Å². The summed E-state index contributed by atoms with van der Waals surface area (Å²) in [5.74, 6) is -1.77. The Balaban J connectivity index is 1.39. The number of hydrogen-bond acceptors (Lipinski definition) is 4. The first-order chi connectivity index (χ1) is 16.8. The monoisotopic (exact) mass is 497 g/mol. The predicted molar refractivity (Wildman–Crippen MR) is 125 cm³/mol. The molecule has 0 aliphatic carbocycles. The molecule has 3 aromatic rings. The maximum atomic E-state index is 13.9. The van der Waals surface area contributed by atoms with Crippen LogP contribution in [0, 0.1) is 11.6 Å². The molecular formula is C25H18ClF2N3O4. The van der Waals surface area contributed by atoms with Gasteiger partial charge < -0.3 is 15.4 Å². The molecule has 4 rings (SSSR count). The van der Waals surface area contributed by atoms with Crippen molar-refractivity contribution in [2.24, 2.45) is 0 Å². The van der Waals surface area contributed by atoms with Gasteiger partial charge in [0, 0.05) is 11.3 Å². The predicted octanol–water partition coefficient (Wildman–Crippen LogP) is 4.73. The van der Waals surface area contributed by atoms with Gasteiger partial charge in [-0.15, -0.1) is 0 Å². The molecule has 0 aromatic heterocycles. The Morgan fingerprint density at radius 2 is 1.80 bits per heavy atom. The minimum Gasteiger partial charge on any atom is -0.482 e. The van der Waals surface area contributed by atoms with Crippen molar-refractivity contribution >= 4 is 41.2 Å². The third kappa shape index (κ3) is 5.82. The number of anilines is 1. The molecule has 1 saturated heterocycles. The molecule has 0 spiro atoms. The summed E-state index contributed by atoms with van der Waals surface area (Å²) in [6.07, 6.45) is 1.43. The summed E-state index contributed by atoms with van der Waals surface area (Å²) in [5, 5.41) is 5.21. The Bertz CT molecular complexity index is 1330. The normalized spacial score (nSPS) is 14.3. The zero-order chi connectivity index (χ0) is 24.9. The van der Waals surface area contributed by atoms with E-state index in [1.807, 2.05) is 0 Å². The number of rotatable bonds is 7. The van der Waals surface area contributed by atoms with Gasteiger partial charge in [0.1, 0.15) is 23.1 Å². The number of hydrogen-bond donors (Lipinski definition) is 2. The van der Waals surface area contributed by atoms with Crippen molar-refractivity contribution in [2.45, 2.75) is 6.54 Å². The van der Waals surface area contributed by atoms with E-state index >= 15 is 0 Å². The highest BCUT2D eigenvalue weighted by Crippen LogP contribution is 2.27. The lowest BCUT2D eigenvalue weighted by atomic mass is 10.1. The van der Waals surface area contributed by atoms with Crippen LogP contribution in [0.4, 0.5) is 19.3 Å². The number of carbonyl (C=O) groups excluding carboxylic acids is 3. The van der Waals surface area contributed by atoms with Crippen LogP contribution in [-0.2, 0) is 16.1 Å². The van der Waals surface area contributed by atoms with Crippen LogP contribution in [0.15, 0.2) is 72.4 Å². The highest BCUT2D eigenvalue weighted by molar-refractivity contribution is 6.32. The standard InChI is InChI=1S/C25H18ClF2N3O4/c26-19-11-15(5-10-22(19)35-14-23(32)29-18-8-6-17(27)7-9-18)12-21-24(33)31(25(34)30-21)13-16-3-1-2-4-20(16)28/h1-12H,13-14H2,(H,29,32)(H,30,34). The smallest absolute Gasteiger partial charge is 0.329 e. The van der Waals surface area contributed by atoms with E-state index in [0.29, 0.717) is 11.3 Å². The third-order valence-electron chi connectivity index (χ3n) is 5.00. The van der Waals surface area contributed by atoms with E-state index in [2.05, 4.69) is 10.6 Å². The van der Waals surface area contributed by atoms with Gasteiger partial charge >= 0.3 is 6.03 Å². The topological polar surface area (TPSA) is 87.7 Å². The molecule has 3 aromatic carbocycles. The van der Waals surface area contributed by atoms with Gasteiger partial charge in [-0.05, 0) is 54.1 Å². The van der Waals surface area contributed by atoms with Gasteiger partial charge in [0.2, 0.25) is 0 Å². The van der Waals surface area contributed by atoms with Crippen LogP contribution in [0.2, 0.25) is 5.02 Å². The fourth-order valence-electron chi connectivity index (χ4n) is 3.28. The van der Waals surface area contributed by atoms with Crippen LogP contribution < -0.4 is 15.4 Å². The second-order valence-corrected chi connectivity index (χ2v) is 7.91. The van der Waals surface area contributed by atoms with Gasteiger partial charge in [-0.25, -0.2) is 13.6 Å². The molecule has 0 saturated carbocycles. The lowest BCUT2D eigenvalue weighted by Crippen LogP contribution is -2.30. The van der Waals surface area contributed by atoms with Gasteiger partial charge in [-0.3, -0.25) is 14.5 Å². The largest absolute Gasteiger partial charge is 0.482 e. The fourth-order valence-corrected chi connectivity index (χ4v) is 3.52. The SMILES string of the molecule is O=C(COc1ccc(C=C2NC(=O)N(Cc3ccccc3F)C2=O)cc1Cl)Nc1ccc(F)cc1. The maximum Gasteiger partial charge on any atom is 0.329 e. The number of urea groups is 1. The molecule has 2 N–H and O–H groups in total. The van der Waals surface area contributed by atoms with Crippen molar-refractivity contribution in [2.75, 3.05) is 11.9 Å². The van der Waals surface area contributed by atoms with E-state index in [9.17, 15) is 23.2 Å². The Kier molecular flexibility index (Phi) is 7.07. The van der Waals surface area contributed by atoms with Crippen molar-refractivity contribution < 1.29 is 27.9 Å². The zero-order valence-electron chi connectivity index (χ0n) is 18.1. The Morgan fingerprint density at radius 3 is 2.51 bits per heavy atom. The van der Waals surface area contributed by atoms with Crippen molar-refractivity contribution in [3.05, 3.63) is 100 Å². The van der Waals surface area contributed by atoms with Crippen molar-refractivity contribution in [1.29, 1.82) is 0 Å². The molecule has 7 nitrogen and oxygen atoms in total. The Morgan fingerprint density at radius 1 is 1.06 bits per heavy atom. The second-order valence-electron chi connectivity index (χ2n) is 7.50. The van der Waals surface area contributed by atoms with Crippen molar-refractivity contribution in [3.8, 4) is 5.75 Å². The first-order valence-electron chi connectivity index (χ1n) is 10.4. The van der Waals surface area contributed by atoms with E-state index < -0.39 is 29.5 Å². The molecule has 0 atom stereocenters. The van der Waals surface area contributed by atoms with Crippen LogP contribution >= 0.6 is 11.6 Å². The van der Waals surface area contributed by atoms with Crippen LogP contribution in [-0.4, -0.2) is 29.4 Å². The summed E-state index contributed by atoms with van der Waals surface area (Å²) in [6.45, 7) is -0.542. The summed E-state index contributed by atoms with van der Waals surface area (Å²) >= 11 is 6.24. The molecule has 0 bridgehead atoms. The van der Waals surface area contributed by atoms with E-state index in [0.717, 1.165) is 4.90 Å². The van der Waals surface area contributed by atoms with Crippen LogP contribution in [0.5, 0.6) is 5.75 Å². The molecule has 0 radical (unpaired) electrons.